The highest BCUT2D eigenvalue weighted by molar-refractivity contribution is 5.46. The van der Waals surface area contributed by atoms with Crippen LogP contribution in [0.4, 0.5) is 11.5 Å². The zero-order chi connectivity index (χ0) is 14.1. The molecule has 104 valence electrons. The van der Waals surface area contributed by atoms with Crippen LogP contribution in [0.1, 0.15) is 30.3 Å². The number of hydrogen-bond donors (Lipinski definition) is 0. The van der Waals surface area contributed by atoms with Crippen LogP contribution in [0.15, 0.2) is 28.9 Å². The standard InChI is InChI=1S/C13H14N4O3/c1-9-7-11(15-20-9)12-3-2-6-16(12)13-5-4-10(8-14-13)17(18)19/h4-5,7-8,12H,2-3,6H2,1H3/t12-/m0/s1. The van der Waals surface area contributed by atoms with Crippen molar-refractivity contribution in [1.82, 2.24) is 10.1 Å². The largest absolute Gasteiger partial charge is 0.361 e. The molecule has 0 N–H and O–H groups in total. The zero-order valence-corrected chi connectivity index (χ0v) is 11.0. The number of aryl methyl sites for hydroxylation is 1. The van der Waals surface area contributed by atoms with E-state index in [-0.39, 0.29) is 11.7 Å². The Hall–Kier alpha value is -2.44. The molecular weight excluding hydrogens is 260 g/mol. The molecule has 2 aromatic heterocycles. The average molecular weight is 274 g/mol. The lowest BCUT2D eigenvalue weighted by atomic mass is 10.1. The molecule has 20 heavy (non-hydrogen) atoms. The Bertz CT molecular complexity index is 623. The van der Waals surface area contributed by atoms with Gasteiger partial charge in [0.15, 0.2) is 0 Å². The lowest BCUT2D eigenvalue weighted by molar-refractivity contribution is -0.385. The molecule has 0 aromatic carbocycles. The summed E-state index contributed by atoms with van der Waals surface area (Å²) in [5.41, 5.74) is 0.891. The molecule has 3 rings (SSSR count). The fraction of sp³-hybridized carbons (Fsp3) is 0.385. The van der Waals surface area contributed by atoms with E-state index < -0.39 is 4.92 Å². The molecule has 0 saturated carbocycles. The van der Waals surface area contributed by atoms with Gasteiger partial charge in [-0.25, -0.2) is 4.98 Å². The molecule has 2 aromatic rings. The van der Waals surface area contributed by atoms with E-state index in [0.29, 0.717) is 0 Å². The highest BCUT2D eigenvalue weighted by Gasteiger charge is 2.29. The molecule has 1 saturated heterocycles. The van der Waals surface area contributed by atoms with E-state index in [4.69, 9.17) is 4.52 Å². The quantitative estimate of drug-likeness (QED) is 0.631. The predicted molar refractivity (Wildman–Crippen MR) is 71.5 cm³/mol. The number of nitrogens with zero attached hydrogens (tertiary/aromatic N) is 4. The highest BCUT2D eigenvalue weighted by Crippen LogP contribution is 2.35. The minimum Gasteiger partial charge on any atom is -0.361 e. The number of pyridine rings is 1. The van der Waals surface area contributed by atoms with Crippen molar-refractivity contribution >= 4 is 11.5 Å². The van der Waals surface area contributed by atoms with Crippen molar-refractivity contribution in [1.29, 1.82) is 0 Å². The van der Waals surface area contributed by atoms with Crippen LogP contribution in [0.5, 0.6) is 0 Å². The molecule has 1 aliphatic rings. The fourth-order valence-electron chi connectivity index (χ4n) is 2.55. The van der Waals surface area contributed by atoms with Crippen LogP contribution in [0.2, 0.25) is 0 Å². The normalized spacial score (nSPS) is 18.4. The van der Waals surface area contributed by atoms with Crippen molar-refractivity contribution in [3.63, 3.8) is 0 Å². The smallest absolute Gasteiger partial charge is 0.287 e. The third-order valence-corrected chi connectivity index (χ3v) is 3.48. The van der Waals surface area contributed by atoms with Crippen LogP contribution >= 0.6 is 0 Å². The van der Waals surface area contributed by atoms with Crippen LogP contribution in [0.3, 0.4) is 0 Å². The Kier molecular flexibility index (Phi) is 3.09. The van der Waals surface area contributed by atoms with E-state index in [1.165, 1.54) is 12.3 Å². The Morgan fingerprint density at radius 2 is 2.35 bits per heavy atom. The van der Waals surface area contributed by atoms with Gasteiger partial charge in [-0.05, 0) is 25.8 Å². The Morgan fingerprint density at radius 1 is 1.50 bits per heavy atom. The van der Waals surface area contributed by atoms with Gasteiger partial charge in [-0.2, -0.15) is 0 Å². The maximum Gasteiger partial charge on any atom is 0.287 e. The molecule has 0 aliphatic carbocycles. The molecule has 3 heterocycles. The van der Waals surface area contributed by atoms with E-state index in [1.807, 2.05) is 13.0 Å². The lowest BCUT2D eigenvalue weighted by Crippen LogP contribution is -2.23. The van der Waals surface area contributed by atoms with Crippen LogP contribution in [-0.2, 0) is 0 Å². The Labute approximate surface area is 115 Å². The molecule has 0 amide bonds. The van der Waals surface area contributed by atoms with Gasteiger partial charge in [0.25, 0.3) is 5.69 Å². The van der Waals surface area contributed by atoms with Crippen molar-refractivity contribution in [2.75, 3.05) is 11.4 Å². The molecule has 0 unspecified atom stereocenters. The van der Waals surface area contributed by atoms with Crippen LogP contribution in [-0.4, -0.2) is 21.6 Å². The Morgan fingerprint density at radius 3 is 2.95 bits per heavy atom. The molecule has 7 heteroatoms. The number of rotatable bonds is 3. The van der Waals surface area contributed by atoms with Gasteiger partial charge in [0, 0.05) is 18.7 Å². The number of nitro groups is 1. The van der Waals surface area contributed by atoms with Crippen molar-refractivity contribution < 1.29 is 9.45 Å². The van der Waals surface area contributed by atoms with Gasteiger partial charge in [-0.3, -0.25) is 10.1 Å². The summed E-state index contributed by atoms with van der Waals surface area (Å²) in [6, 6.07) is 5.21. The summed E-state index contributed by atoms with van der Waals surface area (Å²) in [5.74, 6) is 1.52. The van der Waals surface area contributed by atoms with Gasteiger partial charge < -0.3 is 9.42 Å². The van der Waals surface area contributed by atoms with Gasteiger partial charge in [-0.1, -0.05) is 5.16 Å². The third-order valence-electron chi connectivity index (χ3n) is 3.48. The van der Waals surface area contributed by atoms with E-state index >= 15 is 0 Å². The molecule has 7 nitrogen and oxygen atoms in total. The highest BCUT2D eigenvalue weighted by atomic mass is 16.6. The molecule has 1 fully saturated rings. The molecule has 0 spiro atoms. The summed E-state index contributed by atoms with van der Waals surface area (Å²) in [5, 5.41) is 14.7. The summed E-state index contributed by atoms with van der Waals surface area (Å²) in [6.07, 6.45) is 3.30. The number of hydrogen-bond acceptors (Lipinski definition) is 6. The number of anilines is 1. The summed E-state index contributed by atoms with van der Waals surface area (Å²) in [6.45, 7) is 2.72. The first-order valence-electron chi connectivity index (χ1n) is 6.45. The van der Waals surface area contributed by atoms with E-state index in [2.05, 4.69) is 15.0 Å². The third kappa shape index (κ3) is 2.22. The summed E-state index contributed by atoms with van der Waals surface area (Å²) in [4.78, 5) is 16.5. The first-order valence-corrected chi connectivity index (χ1v) is 6.45. The van der Waals surface area contributed by atoms with Crippen molar-refractivity contribution in [3.05, 3.63) is 46.0 Å². The van der Waals surface area contributed by atoms with Gasteiger partial charge in [0.05, 0.1) is 11.0 Å². The summed E-state index contributed by atoms with van der Waals surface area (Å²) in [7, 11) is 0. The number of aromatic nitrogens is 2. The Balaban J connectivity index is 1.86. The second-order valence-electron chi connectivity index (χ2n) is 4.85. The summed E-state index contributed by atoms with van der Waals surface area (Å²) >= 11 is 0. The second-order valence-corrected chi connectivity index (χ2v) is 4.85. The average Bonchev–Trinajstić information content (AvgIpc) is 3.07. The minimum atomic E-state index is -0.445. The van der Waals surface area contributed by atoms with Crippen molar-refractivity contribution in [2.45, 2.75) is 25.8 Å². The van der Waals surface area contributed by atoms with Gasteiger partial charge in [-0.15, -0.1) is 0 Å². The molecule has 0 bridgehead atoms. The predicted octanol–water partition coefficient (Wildman–Crippen LogP) is 2.63. The minimum absolute atomic E-state index is 0.00165. The maximum absolute atomic E-state index is 10.7. The van der Waals surface area contributed by atoms with Crippen molar-refractivity contribution in [3.8, 4) is 0 Å². The first-order chi connectivity index (χ1) is 9.65. The molecule has 0 radical (unpaired) electrons. The SMILES string of the molecule is Cc1cc([C@@H]2CCCN2c2ccc([N+](=O)[O-])cn2)no1. The fourth-order valence-corrected chi connectivity index (χ4v) is 2.55. The van der Waals surface area contributed by atoms with Gasteiger partial charge >= 0.3 is 0 Å². The molecule has 1 atom stereocenters. The van der Waals surface area contributed by atoms with Crippen LogP contribution < -0.4 is 4.90 Å². The molecular formula is C13H14N4O3. The van der Waals surface area contributed by atoms with Gasteiger partial charge in [0.2, 0.25) is 0 Å². The van der Waals surface area contributed by atoms with Crippen molar-refractivity contribution in [2.24, 2.45) is 0 Å². The molecule has 1 aliphatic heterocycles. The monoisotopic (exact) mass is 274 g/mol. The lowest BCUT2D eigenvalue weighted by Gasteiger charge is -2.23. The van der Waals surface area contributed by atoms with E-state index in [1.54, 1.807) is 6.07 Å². The van der Waals surface area contributed by atoms with E-state index in [0.717, 1.165) is 36.7 Å². The first kappa shape index (κ1) is 12.6. The topological polar surface area (TPSA) is 85.3 Å². The summed E-state index contributed by atoms with van der Waals surface area (Å²) < 4.78 is 5.13. The maximum atomic E-state index is 10.7. The van der Waals surface area contributed by atoms with Gasteiger partial charge in [0.1, 0.15) is 23.5 Å². The second kappa shape index (κ2) is 4.92. The van der Waals surface area contributed by atoms with E-state index in [9.17, 15) is 10.1 Å². The van der Waals surface area contributed by atoms with Crippen LogP contribution in [0.25, 0.3) is 0 Å². The zero-order valence-electron chi connectivity index (χ0n) is 11.0. The van der Waals surface area contributed by atoms with Crippen LogP contribution in [0, 0.1) is 17.0 Å².